The predicted molar refractivity (Wildman–Crippen MR) is 148 cm³/mol. The van der Waals surface area contributed by atoms with Gasteiger partial charge < -0.3 is 14.1 Å². The summed E-state index contributed by atoms with van der Waals surface area (Å²) in [4.78, 5) is 12.0. The molecule has 1 aliphatic heterocycles. The van der Waals surface area contributed by atoms with Gasteiger partial charge in [0.25, 0.3) is 0 Å². The molecule has 2 heterocycles. The largest absolute Gasteiger partial charge is 0.370 e. The fraction of sp³-hybridized carbons (Fsp3) is 0.484. The second-order valence-electron chi connectivity index (χ2n) is 11.0. The number of hydrogen-bond acceptors (Lipinski definition) is 4. The predicted octanol–water partition coefficient (Wildman–Crippen LogP) is 5.77. The van der Waals surface area contributed by atoms with Crippen molar-refractivity contribution in [2.24, 2.45) is 0 Å². The van der Waals surface area contributed by atoms with Crippen LogP contribution < -0.4 is 4.90 Å². The number of aromatic nitrogens is 2. The minimum Gasteiger partial charge on any atom is -0.370 e. The van der Waals surface area contributed by atoms with Crippen LogP contribution in [0.4, 0.5) is 5.95 Å². The van der Waals surface area contributed by atoms with Crippen LogP contribution in [0.25, 0.3) is 0 Å². The van der Waals surface area contributed by atoms with E-state index in [1.165, 1.54) is 33.4 Å². The normalized spacial score (nSPS) is 15.2. The molecule has 1 fully saturated rings. The lowest BCUT2D eigenvalue weighted by Gasteiger charge is -2.42. The summed E-state index contributed by atoms with van der Waals surface area (Å²) in [6.07, 6.45) is 1.09. The minimum atomic E-state index is 0.825. The maximum atomic E-state index is 5.79. The highest BCUT2D eigenvalue weighted by atomic mass is 16.5. The zero-order valence-electron chi connectivity index (χ0n) is 23.1. The Morgan fingerprint density at radius 2 is 1.25 bits per heavy atom. The topological polar surface area (TPSA) is 38.2 Å². The van der Waals surface area contributed by atoms with Crippen molar-refractivity contribution < 1.29 is 9.22 Å². The Morgan fingerprint density at radius 1 is 0.722 bits per heavy atom. The first-order chi connectivity index (χ1) is 17.2. The van der Waals surface area contributed by atoms with E-state index in [1.807, 2.05) is 0 Å². The zero-order valence-corrected chi connectivity index (χ0v) is 23.1. The van der Waals surface area contributed by atoms with Crippen LogP contribution in [-0.4, -0.2) is 53.8 Å². The second-order valence-corrected chi connectivity index (χ2v) is 11.0. The Bertz CT molecular complexity index is 1120. The van der Waals surface area contributed by atoms with Gasteiger partial charge in [0.2, 0.25) is 5.95 Å². The van der Waals surface area contributed by atoms with Gasteiger partial charge in [0, 0.05) is 36.5 Å². The highest BCUT2D eigenvalue weighted by Crippen LogP contribution is 2.22. The standard InChI is InChI=1S/C31H43N4O/c1-23-14-24(2)17-29(16-23)21-34(31-32-27(5)20-28(6)33-31)8-7-9-35(10-12-36-13-11-35)22-30-18-25(3)15-26(4)19-30/h14-20H,7-13,21-22H2,1-6H3/q+1. The number of aryl methyl sites for hydroxylation is 6. The summed E-state index contributed by atoms with van der Waals surface area (Å²) in [6.45, 7) is 20.7. The number of morpholine rings is 1. The van der Waals surface area contributed by atoms with Gasteiger partial charge in [0.1, 0.15) is 19.6 Å². The van der Waals surface area contributed by atoms with Crippen molar-refractivity contribution >= 4 is 5.95 Å². The van der Waals surface area contributed by atoms with Crippen LogP contribution in [0.1, 0.15) is 51.2 Å². The summed E-state index contributed by atoms with van der Waals surface area (Å²) in [6, 6.07) is 15.9. The zero-order chi connectivity index (χ0) is 25.7. The average Bonchev–Trinajstić information content (AvgIpc) is 2.77. The number of nitrogens with zero attached hydrogens (tertiary/aromatic N) is 4. The molecule has 0 amide bonds. The van der Waals surface area contributed by atoms with Crippen LogP contribution >= 0.6 is 0 Å². The van der Waals surface area contributed by atoms with Crippen LogP contribution in [0.15, 0.2) is 42.5 Å². The average molecular weight is 488 g/mol. The third-order valence-electron chi connectivity index (χ3n) is 7.19. The van der Waals surface area contributed by atoms with E-state index in [-0.39, 0.29) is 0 Å². The number of hydrogen-bond donors (Lipinski definition) is 0. The van der Waals surface area contributed by atoms with E-state index >= 15 is 0 Å². The highest BCUT2D eigenvalue weighted by Gasteiger charge is 2.31. The van der Waals surface area contributed by atoms with Gasteiger partial charge in [-0.3, -0.25) is 0 Å². The van der Waals surface area contributed by atoms with Gasteiger partial charge in [-0.25, -0.2) is 9.97 Å². The number of ether oxygens (including phenoxy) is 1. The summed E-state index contributed by atoms with van der Waals surface area (Å²) in [5.74, 6) is 0.842. The molecule has 1 saturated heterocycles. The van der Waals surface area contributed by atoms with Gasteiger partial charge in [-0.15, -0.1) is 0 Å². The first-order valence-corrected chi connectivity index (χ1v) is 13.3. The minimum absolute atomic E-state index is 0.825. The summed E-state index contributed by atoms with van der Waals surface area (Å²) in [5.41, 5.74) is 10.1. The molecular formula is C31H43N4O+. The lowest BCUT2D eigenvalue weighted by Crippen LogP contribution is -2.55. The Kier molecular flexibility index (Phi) is 8.43. The van der Waals surface area contributed by atoms with Crippen LogP contribution in [0, 0.1) is 41.5 Å². The summed E-state index contributed by atoms with van der Waals surface area (Å²) >= 11 is 0. The Labute approximate surface area is 217 Å². The monoisotopic (exact) mass is 487 g/mol. The molecule has 0 saturated carbocycles. The lowest BCUT2D eigenvalue weighted by atomic mass is 10.1. The van der Waals surface area contributed by atoms with Gasteiger partial charge in [-0.05, 0) is 53.2 Å². The van der Waals surface area contributed by atoms with Crippen molar-refractivity contribution in [2.45, 2.75) is 61.1 Å². The molecule has 1 aromatic heterocycles. The summed E-state index contributed by atoms with van der Waals surface area (Å²) in [5, 5.41) is 0. The van der Waals surface area contributed by atoms with Crippen molar-refractivity contribution in [3.8, 4) is 0 Å². The Hall–Kier alpha value is -2.76. The second kappa shape index (κ2) is 11.5. The molecule has 5 heteroatoms. The number of anilines is 1. The summed E-state index contributed by atoms with van der Waals surface area (Å²) < 4.78 is 6.88. The van der Waals surface area contributed by atoms with Gasteiger partial charge in [0.05, 0.1) is 19.8 Å². The van der Waals surface area contributed by atoms with Crippen LogP contribution in [0.2, 0.25) is 0 Å². The van der Waals surface area contributed by atoms with Crippen LogP contribution in [0.3, 0.4) is 0 Å². The Balaban J connectivity index is 1.53. The smallest absolute Gasteiger partial charge is 0.226 e. The van der Waals surface area contributed by atoms with Crippen molar-refractivity contribution in [3.63, 3.8) is 0 Å². The third-order valence-corrected chi connectivity index (χ3v) is 7.19. The van der Waals surface area contributed by atoms with E-state index in [0.29, 0.717) is 0 Å². The molecule has 0 N–H and O–H groups in total. The van der Waals surface area contributed by atoms with E-state index in [9.17, 15) is 0 Å². The van der Waals surface area contributed by atoms with Crippen LogP contribution in [0.5, 0.6) is 0 Å². The van der Waals surface area contributed by atoms with Crippen molar-refractivity contribution in [3.05, 3.63) is 87.2 Å². The van der Waals surface area contributed by atoms with E-state index in [0.717, 1.165) is 80.7 Å². The molecule has 0 unspecified atom stereocenters. The van der Waals surface area contributed by atoms with E-state index in [2.05, 4.69) is 88.9 Å². The molecule has 3 aromatic rings. The fourth-order valence-corrected chi connectivity index (χ4v) is 5.81. The van der Waals surface area contributed by atoms with E-state index < -0.39 is 0 Å². The maximum absolute atomic E-state index is 5.79. The molecule has 2 aromatic carbocycles. The first kappa shape index (κ1) is 26.3. The fourth-order valence-electron chi connectivity index (χ4n) is 5.81. The van der Waals surface area contributed by atoms with E-state index in [4.69, 9.17) is 14.7 Å². The lowest BCUT2D eigenvalue weighted by molar-refractivity contribution is -0.947. The maximum Gasteiger partial charge on any atom is 0.226 e. The first-order valence-electron chi connectivity index (χ1n) is 13.3. The molecule has 0 aliphatic carbocycles. The molecule has 192 valence electrons. The molecule has 5 nitrogen and oxygen atoms in total. The quantitative estimate of drug-likeness (QED) is 0.359. The molecule has 0 atom stereocenters. The van der Waals surface area contributed by atoms with Gasteiger partial charge >= 0.3 is 0 Å². The molecular weight excluding hydrogens is 444 g/mol. The van der Waals surface area contributed by atoms with Crippen molar-refractivity contribution in [2.75, 3.05) is 44.3 Å². The van der Waals surface area contributed by atoms with Gasteiger partial charge in [0.15, 0.2) is 0 Å². The molecule has 0 bridgehead atoms. The van der Waals surface area contributed by atoms with Crippen molar-refractivity contribution in [1.82, 2.24) is 9.97 Å². The van der Waals surface area contributed by atoms with Gasteiger partial charge in [-0.1, -0.05) is 58.7 Å². The van der Waals surface area contributed by atoms with Crippen LogP contribution in [-0.2, 0) is 17.8 Å². The van der Waals surface area contributed by atoms with Gasteiger partial charge in [-0.2, -0.15) is 0 Å². The molecule has 1 aliphatic rings. The van der Waals surface area contributed by atoms with Crippen molar-refractivity contribution in [1.29, 1.82) is 0 Å². The Morgan fingerprint density at radius 3 is 1.81 bits per heavy atom. The number of quaternary nitrogens is 1. The molecule has 0 radical (unpaired) electrons. The van der Waals surface area contributed by atoms with E-state index in [1.54, 1.807) is 0 Å². The highest BCUT2D eigenvalue weighted by molar-refractivity contribution is 5.36. The third kappa shape index (κ3) is 7.14. The summed E-state index contributed by atoms with van der Waals surface area (Å²) in [7, 11) is 0. The number of rotatable bonds is 9. The molecule has 36 heavy (non-hydrogen) atoms. The SMILES string of the molecule is Cc1cc(C)cc(CN(CCC[N+]2(Cc3cc(C)cc(C)c3)CCOCC2)c2nc(C)cc(C)n2)c1. The number of benzene rings is 2. The molecule has 0 spiro atoms. The molecule has 4 rings (SSSR count).